The summed E-state index contributed by atoms with van der Waals surface area (Å²) in [4.78, 5) is 16.2. The number of halogens is 1. The summed E-state index contributed by atoms with van der Waals surface area (Å²) in [5.74, 6) is -0.217. The van der Waals surface area contributed by atoms with Gasteiger partial charge in [0.15, 0.2) is 9.84 Å². The van der Waals surface area contributed by atoms with E-state index in [0.717, 1.165) is 11.8 Å². The first kappa shape index (κ1) is 15.7. The monoisotopic (exact) mass is 368 g/mol. The summed E-state index contributed by atoms with van der Waals surface area (Å²) < 4.78 is 23.3. The van der Waals surface area contributed by atoms with Crippen LogP contribution in [0.5, 0.6) is 0 Å². The first-order chi connectivity index (χ1) is 9.86. The van der Waals surface area contributed by atoms with E-state index >= 15 is 0 Å². The molecule has 0 saturated carbocycles. The molecule has 110 valence electrons. The van der Waals surface area contributed by atoms with Crippen LogP contribution in [-0.2, 0) is 16.4 Å². The van der Waals surface area contributed by atoms with E-state index < -0.39 is 9.84 Å². The Hall–Kier alpha value is -1.73. The lowest BCUT2D eigenvalue weighted by Gasteiger charge is -2.06. The molecule has 0 bridgehead atoms. The average Bonchev–Trinajstić information content (AvgIpc) is 2.44. The molecule has 5 nitrogen and oxygen atoms in total. The second kappa shape index (κ2) is 6.36. The van der Waals surface area contributed by atoms with Crippen LogP contribution in [0.15, 0.2) is 52.1 Å². The average molecular weight is 369 g/mol. The number of aromatic nitrogens is 1. The van der Waals surface area contributed by atoms with Crippen molar-refractivity contribution >= 4 is 31.7 Å². The van der Waals surface area contributed by atoms with Gasteiger partial charge < -0.3 is 5.32 Å². The van der Waals surface area contributed by atoms with Crippen molar-refractivity contribution in [3.8, 4) is 0 Å². The molecule has 1 amide bonds. The van der Waals surface area contributed by atoms with Crippen LogP contribution in [0.25, 0.3) is 0 Å². The molecule has 1 N–H and O–H groups in total. The van der Waals surface area contributed by atoms with Crippen molar-refractivity contribution in [2.24, 2.45) is 0 Å². The lowest BCUT2D eigenvalue weighted by molar-refractivity contribution is 0.0950. The van der Waals surface area contributed by atoms with E-state index in [1.165, 1.54) is 12.1 Å². The highest BCUT2D eigenvalue weighted by molar-refractivity contribution is 9.10. The minimum atomic E-state index is -3.20. The third-order valence-electron chi connectivity index (χ3n) is 2.79. The number of carbonyl (C=O) groups excluding carboxylic acids is 1. The van der Waals surface area contributed by atoms with Gasteiger partial charge in [-0.25, -0.2) is 13.4 Å². The molecule has 21 heavy (non-hydrogen) atoms. The topological polar surface area (TPSA) is 76.1 Å². The van der Waals surface area contributed by atoms with Crippen molar-refractivity contribution in [3.05, 3.63) is 58.3 Å². The Bertz CT molecular complexity index is 758. The molecule has 0 unspecified atom stereocenters. The zero-order chi connectivity index (χ0) is 15.5. The Morgan fingerprint density at radius 1 is 1.24 bits per heavy atom. The molecular weight excluding hydrogens is 356 g/mol. The maximum Gasteiger partial charge on any atom is 0.251 e. The number of rotatable bonds is 4. The zero-order valence-corrected chi connectivity index (χ0v) is 13.6. The number of hydrogen-bond acceptors (Lipinski definition) is 4. The van der Waals surface area contributed by atoms with Crippen molar-refractivity contribution < 1.29 is 13.2 Å². The van der Waals surface area contributed by atoms with Crippen LogP contribution in [0.2, 0.25) is 0 Å². The van der Waals surface area contributed by atoms with Crippen LogP contribution in [0.3, 0.4) is 0 Å². The normalized spacial score (nSPS) is 11.1. The van der Waals surface area contributed by atoms with Gasteiger partial charge in [0.05, 0.1) is 4.90 Å². The van der Waals surface area contributed by atoms with Gasteiger partial charge in [-0.3, -0.25) is 4.79 Å². The van der Waals surface area contributed by atoms with E-state index in [1.54, 1.807) is 30.5 Å². The second-order valence-electron chi connectivity index (χ2n) is 4.47. The summed E-state index contributed by atoms with van der Waals surface area (Å²) in [6.45, 7) is 0.322. The third-order valence-corrected chi connectivity index (χ3v) is 4.36. The molecule has 2 aromatic rings. The summed E-state index contributed by atoms with van der Waals surface area (Å²) >= 11 is 3.20. The fourth-order valence-electron chi connectivity index (χ4n) is 1.68. The lowest BCUT2D eigenvalue weighted by Crippen LogP contribution is -2.22. The fraction of sp³-hybridized carbons (Fsp3) is 0.143. The molecule has 1 heterocycles. The second-order valence-corrected chi connectivity index (χ2v) is 7.29. The number of carbonyl (C=O) groups is 1. The summed E-state index contributed by atoms with van der Waals surface area (Å²) in [6, 6.07) is 9.66. The molecule has 0 aliphatic rings. The number of sulfone groups is 1. The van der Waals surface area contributed by atoms with Gasteiger partial charge in [-0.15, -0.1) is 0 Å². The number of nitrogens with one attached hydrogen (secondary N) is 1. The SMILES string of the molecule is CS(=O)(=O)c1ccc(CNC(=O)c2ccnc(Br)c2)cc1. The first-order valence-corrected chi connectivity index (χ1v) is 8.73. The van der Waals surface area contributed by atoms with Crippen molar-refractivity contribution in [1.82, 2.24) is 10.3 Å². The van der Waals surface area contributed by atoms with E-state index in [2.05, 4.69) is 26.2 Å². The number of hydrogen-bond donors (Lipinski definition) is 1. The van der Waals surface area contributed by atoms with Crippen LogP contribution in [0, 0.1) is 0 Å². The standard InChI is InChI=1S/C14H13BrN2O3S/c1-21(19,20)12-4-2-10(3-5-12)9-17-14(18)11-6-7-16-13(15)8-11/h2-8H,9H2,1H3,(H,17,18). The lowest BCUT2D eigenvalue weighted by atomic mass is 10.2. The maximum absolute atomic E-state index is 11.9. The molecular formula is C14H13BrN2O3S. The zero-order valence-electron chi connectivity index (χ0n) is 11.2. The molecule has 0 fully saturated rings. The van der Waals surface area contributed by atoms with Crippen LogP contribution < -0.4 is 5.32 Å². The third kappa shape index (κ3) is 4.37. The van der Waals surface area contributed by atoms with Crippen molar-refractivity contribution in [3.63, 3.8) is 0 Å². The van der Waals surface area contributed by atoms with E-state index in [4.69, 9.17) is 0 Å². The first-order valence-electron chi connectivity index (χ1n) is 6.05. The summed E-state index contributed by atoms with van der Waals surface area (Å²) in [5, 5.41) is 2.76. The molecule has 1 aromatic carbocycles. The van der Waals surface area contributed by atoms with Gasteiger partial charge in [0.2, 0.25) is 0 Å². The molecule has 7 heteroatoms. The molecule has 0 atom stereocenters. The number of nitrogens with zero attached hydrogens (tertiary/aromatic N) is 1. The molecule has 0 aliphatic heterocycles. The Labute approximate surface area is 131 Å². The van der Waals surface area contributed by atoms with Crippen molar-refractivity contribution in [2.75, 3.05) is 6.26 Å². The minimum absolute atomic E-state index is 0.217. The number of pyridine rings is 1. The van der Waals surface area contributed by atoms with Gasteiger partial charge in [-0.1, -0.05) is 12.1 Å². The van der Waals surface area contributed by atoms with Crippen LogP contribution >= 0.6 is 15.9 Å². The maximum atomic E-state index is 11.9. The minimum Gasteiger partial charge on any atom is -0.348 e. The fourth-order valence-corrected chi connectivity index (χ4v) is 2.68. The Morgan fingerprint density at radius 2 is 1.90 bits per heavy atom. The highest BCUT2D eigenvalue weighted by atomic mass is 79.9. The van der Waals surface area contributed by atoms with Crippen LogP contribution in [0.4, 0.5) is 0 Å². The van der Waals surface area contributed by atoms with Gasteiger partial charge in [-0.2, -0.15) is 0 Å². The molecule has 2 rings (SSSR count). The Kier molecular flexibility index (Phi) is 4.74. The Morgan fingerprint density at radius 3 is 2.48 bits per heavy atom. The molecule has 0 saturated heterocycles. The molecule has 0 spiro atoms. The highest BCUT2D eigenvalue weighted by Crippen LogP contribution is 2.11. The van der Waals surface area contributed by atoms with Gasteiger partial charge in [0, 0.05) is 24.6 Å². The van der Waals surface area contributed by atoms with Gasteiger partial charge >= 0.3 is 0 Å². The van der Waals surface area contributed by atoms with E-state index in [-0.39, 0.29) is 10.8 Å². The predicted molar refractivity (Wildman–Crippen MR) is 82.7 cm³/mol. The predicted octanol–water partition coefficient (Wildman–Crippen LogP) is 2.18. The highest BCUT2D eigenvalue weighted by Gasteiger charge is 2.08. The Balaban J connectivity index is 2.02. The van der Waals surface area contributed by atoms with E-state index in [9.17, 15) is 13.2 Å². The van der Waals surface area contributed by atoms with Crippen molar-refractivity contribution in [1.29, 1.82) is 0 Å². The molecule has 0 aliphatic carbocycles. The summed E-state index contributed by atoms with van der Waals surface area (Å²) in [6.07, 6.45) is 2.70. The quantitative estimate of drug-likeness (QED) is 0.839. The molecule has 1 aromatic heterocycles. The summed E-state index contributed by atoms with van der Waals surface area (Å²) in [5.41, 5.74) is 1.33. The van der Waals surface area contributed by atoms with Crippen molar-refractivity contribution in [2.45, 2.75) is 11.4 Å². The van der Waals surface area contributed by atoms with Gasteiger partial charge in [-0.05, 0) is 45.8 Å². The van der Waals surface area contributed by atoms with E-state index in [0.29, 0.717) is 16.7 Å². The largest absolute Gasteiger partial charge is 0.348 e. The smallest absolute Gasteiger partial charge is 0.251 e. The van der Waals surface area contributed by atoms with Crippen LogP contribution in [0.1, 0.15) is 15.9 Å². The summed E-state index contributed by atoms with van der Waals surface area (Å²) in [7, 11) is -3.20. The van der Waals surface area contributed by atoms with E-state index in [1.807, 2.05) is 0 Å². The molecule has 0 radical (unpaired) electrons. The van der Waals surface area contributed by atoms with Gasteiger partial charge in [0.1, 0.15) is 4.60 Å². The van der Waals surface area contributed by atoms with Gasteiger partial charge in [0.25, 0.3) is 5.91 Å². The van der Waals surface area contributed by atoms with Crippen LogP contribution in [-0.4, -0.2) is 25.6 Å². The number of benzene rings is 1. The number of amides is 1.